The van der Waals surface area contributed by atoms with Gasteiger partial charge >= 0.3 is 5.97 Å². The largest absolute Gasteiger partial charge is 0.481 e. The predicted octanol–water partition coefficient (Wildman–Crippen LogP) is 0.617. The van der Waals surface area contributed by atoms with Crippen molar-refractivity contribution in [2.75, 3.05) is 6.54 Å². The molecule has 0 aliphatic heterocycles. The highest BCUT2D eigenvalue weighted by molar-refractivity contribution is 7.08. The summed E-state index contributed by atoms with van der Waals surface area (Å²) in [6.07, 6.45) is -0.439. The van der Waals surface area contributed by atoms with Crippen LogP contribution in [-0.2, 0) is 4.79 Å². The number of hydrogen-bond donors (Lipinski definition) is 3. The summed E-state index contributed by atoms with van der Waals surface area (Å²) in [6.45, 7) is 5.01. The molecule has 19 heavy (non-hydrogen) atoms. The van der Waals surface area contributed by atoms with E-state index in [-0.39, 0.29) is 12.5 Å². The lowest BCUT2D eigenvalue weighted by Crippen LogP contribution is -2.42. The molecule has 1 amide bonds. The van der Waals surface area contributed by atoms with Gasteiger partial charge in [0, 0.05) is 6.54 Å². The van der Waals surface area contributed by atoms with E-state index in [2.05, 4.69) is 14.9 Å². The van der Waals surface area contributed by atoms with E-state index in [9.17, 15) is 14.7 Å². The summed E-state index contributed by atoms with van der Waals surface area (Å²) < 4.78 is 3.73. The second kappa shape index (κ2) is 6.07. The second-order valence-corrected chi connectivity index (χ2v) is 5.65. The van der Waals surface area contributed by atoms with Gasteiger partial charge in [0.2, 0.25) is 0 Å². The summed E-state index contributed by atoms with van der Waals surface area (Å²) >= 11 is 0.979. The number of aromatic nitrogens is 2. The van der Waals surface area contributed by atoms with E-state index in [0.29, 0.717) is 10.6 Å². The fraction of sp³-hybridized carbons (Fsp3) is 0.636. The fourth-order valence-corrected chi connectivity index (χ4v) is 2.21. The molecule has 0 saturated heterocycles. The number of nitrogens with one attached hydrogen (secondary N) is 1. The molecule has 1 aromatic rings. The number of aliphatic carboxylic acids is 1. The van der Waals surface area contributed by atoms with E-state index >= 15 is 0 Å². The van der Waals surface area contributed by atoms with Gasteiger partial charge in [0.25, 0.3) is 5.91 Å². The van der Waals surface area contributed by atoms with Crippen LogP contribution in [0.3, 0.4) is 0 Å². The van der Waals surface area contributed by atoms with Gasteiger partial charge in [0.05, 0.1) is 17.7 Å². The van der Waals surface area contributed by atoms with Crippen LogP contribution in [0, 0.1) is 0 Å². The van der Waals surface area contributed by atoms with E-state index in [0.717, 1.165) is 11.5 Å². The zero-order chi connectivity index (χ0) is 14.6. The van der Waals surface area contributed by atoms with Crippen LogP contribution in [0.15, 0.2) is 0 Å². The highest BCUT2D eigenvalue weighted by atomic mass is 32.1. The predicted molar refractivity (Wildman–Crippen MR) is 69.2 cm³/mol. The van der Waals surface area contributed by atoms with Gasteiger partial charge < -0.3 is 15.5 Å². The molecule has 0 aliphatic carbocycles. The van der Waals surface area contributed by atoms with E-state index in [4.69, 9.17) is 5.11 Å². The SMILES string of the molecule is CC(C)c1nnsc1C(=O)NCC(C)(O)CC(=O)O. The Kier molecular flexibility index (Phi) is 4.96. The summed E-state index contributed by atoms with van der Waals surface area (Å²) in [5.41, 5.74) is -0.891. The van der Waals surface area contributed by atoms with Crippen LogP contribution in [0.1, 0.15) is 48.5 Å². The summed E-state index contributed by atoms with van der Waals surface area (Å²) in [5.74, 6) is -1.45. The number of carboxylic acids is 1. The average Bonchev–Trinajstić information content (AvgIpc) is 2.73. The van der Waals surface area contributed by atoms with Gasteiger partial charge in [0.15, 0.2) is 0 Å². The maximum absolute atomic E-state index is 11.9. The van der Waals surface area contributed by atoms with Crippen LogP contribution in [0.5, 0.6) is 0 Å². The Morgan fingerprint density at radius 1 is 1.47 bits per heavy atom. The van der Waals surface area contributed by atoms with Gasteiger partial charge in [-0.1, -0.05) is 18.3 Å². The van der Waals surface area contributed by atoms with Gasteiger partial charge in [-0.15, -0.1) is 5.10 Å². The average molecular weight is 287 g/mol. The summed E-state index contributed by atoms with van der Waals surface area (Å²) in [4.78, 5) is 22.9. The minimum atomic E-state index is -1.49. The lowest BCUT2D eigenvalue weighted by Gasteiger charge is -2.21. The molecule has 0 aromatic carbocycles. The molecule has 7 nitrogen and oxygen atoms in total. The smallest absolute Gasteiger partial charge is 0.306 e. The summed E-state index contributed by atoms with van der Waals surface area (Å²) in [6, 6.07) is 0. The second-order valence-electron chi connectivity index (χ2n) is 4.89. The number of hydrogen-bond acceptors (Lipinski definition) is 6. The summed E-state index contributed by atoms with van der Waals surface area (Å²) in [5, 5.41) is 24.8. The van der Waals surface area contributed by atoms with Crippen LogP contribution in [0.4, 0.5) is 0 Å². The standard InChI is InChI=1S/C11H17N3O4S/c1-6(2)8-9(19-14-13-8)10(17)12-5-11(3,18)4-7(15)16/h6,18H,4-5H2,1-3H3,(H,12,17)(H,15,16). The number of rotatable bonds is 6. The number of carbonyl (C=O) groups is 2. The van der Waals surface area contributed by atoms with Gasteiger partial charge in [-0.2, -0.15) is 0 Å². The molecular formula is C11H17N3O4S. The molecular weight excluding hydrogens is 270 g/mol. The number of carbonyl (C=O) groups excluding carboxylic acids is 1. The molecule has 1 rings (SSSR count). The molecule has 0 bridgehead atoms. The minimum absolute atomic E-state index is 0.0685. The molecule has 0 spiro atoms. The van der Waals surface area contributed by atoms with E-state index < -0.39 is 23.9 Å². The van der Waals surface area contributed by atoms with Crippen molar-refractivity contribution in [3.63, 3.8) is 0 Å². The van der Waals surface area contributed by atoms with Gasteiger partial charge in [-0.3, -0.25) is 9.59 Å². The third-order valence-corrected chi connectivity index (χ3v) is 3.17. The number of carboxylic acid groups (broad SMARTS) is 1. The van der Waals surface area contributed by atoms with Crippen molar-refractivity contribution in [3.05, 3.63) is 10.6 Å². The fourth-order valence-electron chi connectivity index (χ4n) is 1.47. The Labute approximate surface area is 114 Å². The number of nitrogens with zero attached hydrogens (tertiary/aromatic N) is 2. The van der Waals surface area contributed by atoms with E-state index in [1.165, 1.54) is 6.92 Å². The zero-order valence-electron chi connectivity index (χ0n) is 11.0. The highest BCUT2D eigenvalue weighted by Crippen LogP contribution is 2.19. The molecule has 1 aromatic heterocycles. The third kappa shape index (κ3) is 4.56. The lowest BCUT2D eigenvalue weighted by atomic mass is 10.0. The third-order valence-electron chi connectivity index (χ3n) is 2.43. The van der Waals surface area contributed by atoms with Gasteiger partial charge in [-0.05, 0) is 24.4 Å². The quantitative estimate of drug-likeness (QED) is 0.707. The summed E-state index contributed by atoms with van der Waals surface area (Å²) in [7, 11) is 0. The van der Waals surface area contributed by atoms with Crippen molar-refractivity contribution in [2.24, 2.45) is 0 Å². The lowest BCUT2D eigenvalue weighted by molar-refractivity contribution is -0.141. The minimum Gasteiger partial charge on any atom is -0.481 e. The topological polar surface area (TPSA) is 112 Å². The van der Waals surface area contributed by atoms with E-state index in [1.54, 1.807) is 0 Å². The van der Waals surface area contributed by atoms with Crippen LogP contribution in [0.2, 0.25) is 0 Å². The molecule has 1 heterocycles. The van der Waals surface area contributed by atoms with E-state index in [1.807, 2.05) is 13.8 Å². The first-order valence-electron chi connectivity index (χ1n) is 5.77. The molecule has 3 N–H and O–H groups in total. The molecule has 1 atom stereocenters. The number of amides is 1. The van der Waals surface area contributed by atoms with Crippen LogP contribution >= 0.6 is 11.5 Å². The van der Waals surface area contributed by atoms with Crippen LogP contribution in [0.25, 0.3) is 0 Å². The van der Waals surface area contributed by atoms with Crippen molar-refractivity contribution < 1.29 is 19.8 Å². The van der Waals surface area contributed by atoms with Crippen molar-refractivity contribution in [1.29, 1.82) is 0 Å². The van der Waals surface area contributed by atoms with Gasteiger partial charge in [0.1, 0.15) is 4.88 Å². The first-order chi connectivity index (χ1) is 8.73. The highest BCUT2D eigenvalue weighted by Gasteiger charge is 2.26. The molecule has 8 heteroatoms. The maximum Gasteiger partial charge on any atom is 0.306 e. The Bertz CT molecular complexity index is 470. The monoisotopic (exact) mass is 287 g/mol. The Morgan fingerprint density at radius 3 is 2.63 bits per heavy atom. The maximum atomic E-state index is 11.9. The van der Waals surface area contributed by atoms with Crippen molar-refractivity contribution in [1.82, 2.24) is 14.9 Å². The zero-order valence-corrected chi connectivity index (χ0v) is 11.8. The number of aliphatic hydroxyl groups is 1. The molecule has 0 radical (unpaired) electrons. The molecule has 106 valence electrons. The normalized spacial score (nSPS) is 14.2. The molecule has 0 saturated carbocycles. The molecule has 0 fully saturated rings. The van der Waals surface area contributed by atoms with Crippen LogP contribution in [-0.4, -0.2) is 43.8 Å². The Hall–Kier alpha value is -1.54. The van der Waals surface area contributed by atoms with Crippen molar-refractivity contribution in [3.8, 4) is 0 Å². The first-order valence-corrected chi connectivity index (χ1v) is 6.55. The molecule has 1 unspecified atom stereocenters. The van der Waals surface area contributed by atoms with Crippen molar-refractivity contribution >= 4 is 23.4 Å². The van der Waals surface area contributed by atoms with Crippen molar-refractivity contribution in [2.45, 2.75) is 38.7 Å². The Morgan fingerprint density at radius 2 is 2.11 bits per heavy atom. The molecule has 0 aliphatic rings. The Balaban J connectivity index is 2.65. The van der Waals surface area contributed by atoms with Crippen LogP contribution < -0.4 is 5.32 Å². The van der Waals surface area contributed by atoms with Gasteiger partial charge in [-0.25, -0.2) is 0 Å². The first kappa shape index (κ1) is 15.5.